The van der Waals surface area contributed by atoms with Gasteiger partial charge < -0.3 is 10.1 Å². The Morgan fingerprint density at radius 1 is 1.00 bits per heavy atom. The van der Waals surface area contributed by atoms with Crippen molar-refractivity contribution in [2.45, 2.75) is 26.4 Å². The van der Waals surface area contributed by atoms with E-state index in [0.29, 0.717) is 22.5 Å². The van der Waals surface area contributed by atoms with Gasteiger partial charge in [0.15, 0.2) is 0 Å². The van der Waals surface area contributed by atoms with Gasteiger partial charge in [-0.2, -0.15) is 4.80 Å². The second kappa shape index (κ2) is 8.14. The van der Waals surface area contributed by atoms with Crippen LogP contribution in [0.4, 0.5) is 5.69 Å². The van der Waals surface area contributed by atoms with Crippen molar-refractivity contribution >= 4 is 22.6 Å². The lowest BCUT2D eigenvalue weighted by atomic mass is 10.2. The predicted octanol–water partition coefficient (Wildman–Crippen LogP) is 4.85. The zero-order valence-electron chi connectivity index (χ0n) is 16.4. The van der Waals surface area contributed by atoms with Gasteiger partial charge in [0, 0.05) is 11.3 Å². The van der Waals surface area contributed by atoms with Crippen molar-refractivity contribution in [3.8, 4) is 11.4 Å². The van der Waals surface area contributed by atoms with Gasteiger partial charge in [-0.25, -0.2) is 0 Å². The van der Waals surface area contributed by atoms with Crippen LogP contribution in [0.15, 0.2) is 72.8 Å². The van der Waals surface area contributed by atoms with Crippen molar-refractivity contribution in [1.82, 2.24) is 15.0 Å². The van der Waals surface area contributed by atoms with Crippen LogP contribution in [0.1, 0.15) is 30.6 Å². The van der Waals surface area contributed by atoms with Gasteiger partial charge in [-0.3, -0.25) is 4.79 Å². The number of nitrogens with zero attached hydrogens (tertiary/aromatic N) is 3. The molecule has 0 unspecified atom stereocenters. The molecule has 0 saturated carbocycles. The molecule has 1 N–H and O–H groups in total. The highest BCUT2D eigenvalue weighted by Gasteiger charge is 2.11. The molecule has 4 rings (SSSR count). The first-order chi connectivity index (χ1) is 14.1. The minimum atomic E-state index is -0.200. The number of anilines is 1. The van der Waals surface area contributed by atoms with E-state index in [1.807, 2.05) is 67.6 Å². The Morgan fingerprint density at radius 3 is 2.59 bits per heavy atom. The van der Waals surface area contributed by atoms with Crippen molar-refractivity contribution in [3.63, 3.8) is 0 Å². The highest BCUT2D eigenvalue weighted by atomic mass is 16.5. The van der Waals surface area contributed by atoms with Crippen molar-refractivity contribution in [1.29, 1.82) is 0 Å². The summed E-state index contributed by atoms with van der Waals surface area (Å²) in [5.41, 5.74) is 3.55. The molecule has 1 atom stereocenters. The maximum Gasteiger partial charge on any atom is 0.255 e. The van der Waals surface area contributed by atoms with Crippen LogP contribution in [0.25, 0.3) is 16.7 Å². The van der Waals surface area contributed by atoms with Gasteiger partial charge >= 0.3 is 0 Å². The number of hydrogen-bond acceptors (Lipinski definition) is 4. The molecule has 0 aliphatic rings. The number of ether oxygens (including phenoxy) is 1. The lowest BCUT2D eigenvalue weighted by molar-refractivity contribution is 0.102. The van der Waals surface area contributed by atoms with Crippen LogP contribution in [-0.2, 0) is 0 Å². The molecule has 1 aromatic heterocycles. The Morgan fingerprint density at radius 2 is 1.79 bits per heavy atom. The lowest BCUT2D eigenvalue weighted by Crippen LogP contribution is -2.13. The highest BCUT2D eigenvalue weighted by Crippen LogP contribution is 2.20. The number of carbonyl (C=O) groups excluding carboxylic acids is 1. The number of rotatable bonds is 6. The van der Waals surface area contributed by atoms with E-state index in [9.17, 15) is 4.79 Å². The van der Waals surface area contributed by atoms with E-state index in [4.69, 9.17) is 4.74 Å². The largest absolute Gasteiger partial charge is 0.491 e. The molecule has 3 aromatic carbocycles. The average Bonchev–Trinajstić information content (AvgIpc) is 3.18. The van der Waals surface area contributed by atoms with Crippen molar-refractivity contribution in [2.24, 2.45) is 0 Å². The summed E-state index contributed by atoms with van der Waals surface area (Å²) in [5, 5.41) is 11.9. The quantitative estimate of drug-likeness (QED) is 0.514. The molecule has 0 fully saturated rings. The SMILES string of the molecule is CC[C@@H](C)Oc1cccc(C(=O)Nc2ccc3nn(-c4ccccc4)nc3c2)c1. The van der Waals surface area contributed by atoms with Gasteiger partial charge in [0.2, 0.25) is 0 Å². The van der Waals surface area contributed by atoms with E-state index in [2.05, 4.69) is 22.4 Å². The first kappa shape index (κ1) is 18.7. The van der Waals surface area contributed by atoms with Gasteiger partial charge in [-0.05, 0) is 61.9 Å². The van der Waals surface area contributed by atoms with E-state index in [1.54, 1.807) is 16.9 Å². The summed E-state index contributed by atoms with van der Waals surface area (Å²) in [5.74, 6) is 0.489. The summed E-state index contributed by atoms with van der Waals surface area (Å²) in [6.45, 7) is 4.07. The summed E-state index contributed by atoms with van der Waals surface area (Å²) in [6, 6.07) is 22.4. The standard InChI is InChI=1S/C23H22N4O2/c1-3-16(2)29-20-11-7-8-17(14-20)23(28)24-18-12-13-21-22(15-18)26-27(25-21)19-9-5-4-6-10-19/h4-16H,3H2,1-2H3,(H,24,28)/t16-/m1/s1. The zero-order valence-corrected chi connectivity index (χ0v) is 16.4. The number of carbonyl (C=O) groups is 1. The van der Waals surface area contributed by atoms with Gasteiger partial charge in [-0.1, -0.05) is 31.2 Å². The predicted molar refractivity (Wildman–Crippen MR) is 114 cm³/mol. The van der Waals surface area contributed by atoms with Gasteiger partial charge in [0.05, 0.1) is 11.8 Å². The van der Waals surface area contributed by atoms with Crippen LogP contribution in [0.2, 0.25) is 0 Å². The first-order valence-corrected chi connectivity index (χ1v) is 9.63. The van der Waals surface area contributed by atoms with Gasteiger partial charge in [-0.15, -0.1) is 10.2 Å². The fourth-order valence-electron chi connectivity index (χ4n) is 2.90. The number of nitrogens with one attached hydrogen (secondary N) is 1. The van der Waals surface area contributed by atoms with Crippen LogP contribution in [-0.4, -0.2) is 27.0 Å². The molecule has 1 heterocycles. The van der Waals surface area contributed by atoms with Crippen LogP contribution in [0, 0.1) is 0 Å². The third-order valence-corrected chi connectivity index (χ3v) is 4.63. The minimum absolute atomic E-state index is 0.0999. The summed E-state index contributed by atoms with van der Waals surface area (Å²) in [7, 11) is 0. The monoisotopic (exact) mass is 386 g/mol. The third kappa shape index (κ3) is 4.27. The van der Waals surface area contributed by atoms with Crippen LogP contribution in [0.3, 0.4) is 0 Å². The first-order valence-electron chi connectivity index (χ1n) is 9.63. The summed E-state index contributed by atoms with van der Waals surface area (Å²) in [6.07, 6.45) is 1.00. The van der Waals surface area contributed by atoms with E-state index < -0.39 is 0 Å². The van der Waals surface area contributed by atoms with Crippen molar-refractivity contribution < 1.29 is 9.53 Å². The molecule has 4 aromatic rings. The molecule has 0 radical (unpaired) electrons. The van der Waals surface area contributed by atoms with Crippen molar-refractivity contribution in [2.75, 3.05) is 5.32 Å². The Bertz CT molecular complexity index is 1140. The molecule has 0 spiro atoms. The molecule has 0 aliphatic carbocycles. The fraction of sp³-hybridized carbons (Fsp3) is 0.174. The molecule has 1 amide bonds. The molecule has 0 aliphatic heterocycles. The Hall–Kier alpha value is -3.67. The molecular weight excluding hydrogens is 364 g/mol. The number of hydrogen-bond donors (Lipinski definition) is 1. The minimum Gasteiger partial charge on any atom is -0.491 e. The third-order valence-electron chi connectivity index (χ3n) is 4.63. The molecular formula is C23H22N4O2. The fourth-order valence-corrected chi connectivity index (χ4v) is 2.90. The van der Waals surface area contributed by atoms with Gasteiger partial charge in [0.25, 0.3) is 5.91 Å². The average molecular weight is 386 g/mol. The van der Waals surface area contributed by atoms with E-state index in [1.165, 1.54) is 0 Å². The van der Waals surface area contributed by atoms with Gasteiger partial charge in [0.1, 0.15) is 16.8 Å². The topological polar surface area (TPSA) is 69.0 Å². The Balaban J connectivity index is 1.53. The van der Waals surface area contributed by atoms with E-state index in [0.717, 1.165) is 17.6 Å². The zero-order chi connectivity index (χ0) is 20.2. The lowest BCUT2D eigenvalue weighted by Gasteiger charge is -2.13. The normalized spacial score (nSPS) is 11.9. The number of aromatic nitrogens is 3. The molecule has 6 heteroatoms. The maximum atomic E-state index is 12.7. The maximum absolute atomic E-state index is 12.7. The second-order valence-electron chi connectivity index (χ2n) is 6.85. The smallest absolute Gasteiger partial charge is 0.255 e. The number of fused-ring (bicyclic) bond motifs is 1. The van der Waals surface area contributed by atoms with Crippen LogP contribution >= 0.6 is 0 Å². The van der Waals surface area contributed by atoms with Crippen molar-refractivity contribution in [3.05, 3.63) is 78.4 Å². The molecule has 0 saturated heterocycles. The second-order valence-corrected chi connectivity index (χ2v) is 6.85. The molecule has 0 bridgehead atoms. The highest BCUT2D eigenvalue weighted by molar-refractivity contribution is 6.05. The van der Waals surface area contributed by atoms with Crippen LogP contribution < -0.4 is 10.1 Å². The van der Waals surface area contributed by atoms with Crippen LogP contribution in [0.5, 0.6) is 5.75 Å². The summed E-state index contributed by atoms with van der Waals surface area (Å²) >= 11 is 0. The van der Waals surface area contributed by atoms with E-state index in [-0.39, 0.29) is 12.0 Å². The Labute approximate surface area is 169 Å². The Kier molecular flexibility index (Phi) is 5.24. The molecule has 29 heavy (non-hydrogen) atoms. The molecule has 6 nitrogen and oxygen atoms in total. The summed E-state index contributed by atoms with van der Waals surface area (Å²) < 4.78 is 5.81. The van der Waals surface area contributed by atoms with E-state index >= 15 is 0 Å². The number of para-hydroxylation sites is 1. The molecule has 146 valence electrons. The number of benzene rings is 3. The summed E-state index contributed by atoms with van der Waals surface area (Å²) in [4.78, 5) is 14.3. The number of amides is 1.